The van der Waals surface area contributed by atoms with Gasteiger partial charge in [-0.1, -0.05) is 11.6 Å². The van der Waals surface area contributed by atoms with E-state index in [0.29, 0.717) is 16.8 Å². The number of aromatic nitrogens is 1. The van der Waals surface area contributed by atoms with Crippen LogP contribution in [0.25, 0.3) is 0 Å². The number of pyridine rings is 1. The van der Waals surface area contributed by atoms with E-state index in [1.165, 1.54) is 12.8 Å². The molecule has 6 heteroatoms. The summed E-state index contributed by atoms with van der Waals surface area (Å²) in [6, 6.07) is 6.21. The standard InChI is InChI=1S/C15H19ClN4O/c16-13-3-4-15(18-14(13)10-17)20-5-1-2-12(20)11-19-6-8-21-9-7-19/h3-4,12H,1-2,5-9,11H2. The molecule has 2 fully saturated rings. The average Bonchev–Trinajstić information content (AvgIpc) is 2.97. The number of nitrogens with zero attached hydrogens (tertiary/aromatic N) is 4. The van der Waals surface area contributed by atoms with Gasteiger partial charge in [-0.05, 0) is 25.0 Å². The summed E-state index contributed by atoms with van der Waals surface area (Å²) >= 11 is 5.97. The number of hydrogen-bond acceptors (Lipinski definition) is 5. The molecule has 1 aromatic rings. The van der Waals surface area contributed by atoms with Gasteiger partial charge in [0, 0.05) is 32.2 Å². The van der Waals surface area contributed by atoms with Crippen molar-refractivity contribution in [1.29, 1.82) is 5.26 Å². The third-order valence-corrected chi connectivity index (χ3v) is 4.49. The van der Waals surface area contributed by atoms with Gasteiger partial charge in [0.15, 0.2) is 5.69 Å². The summed E-state index contributed by atoms with van der Waals surface area (Å²) in [6.45, 7) is 5.68. The first-order valence-corrected chi connectivity index (χ1v) is 7.79. The second-order valence-electron chi connectivity index (χ2n) is 5.51. The van der Waals surface area contributed by atoms with Crippen LogP contribution in [-0.2, 0) is 4.74 Å². The van der Waals surface area contributed by atoms with Gasteiger partial charge >= 0.3 is 0 Å². The molecule has 2 aliphatic heterocycles. The number of hydrogen-bond donors (Lipinski definition) is 0. The lowest BCUT2D eigenvalue weighted by Gasteiger charge is -2.33. The molecule has 3 heterocycles. The van der Waals surface area contributed by atoms with E-state index >= 15 is 0 Å². The molecule has 1 atom stereocenters. The molecule has 0 aromatic carbocycles. The van der Waals surface area contributed by atoms with Crippen molar-refractivity contribution in [1.82, 2.24) is 9.88 Å². The maximum atomic E-state index is 9.08. The summed E-state index contributed by atoms with van der Waals surface area (Å²) in [5.41, 5.74) is 0.311. The van der Waals surface area contributed by atoms with Crippen LogP contribution in [0.3, 0.4) is 0 Å². The fourth-order valence-electron chi connectivity index (χ4n) is 3.08. The van der Waals surface area contributed by atoms with E-state index in [0.717, 1.165) is 45.2 Å². The molecule has 5 nitrogen and oxygen atoms in total. The molecular weight excluding hydrogens is 288 g/mol. The van der Waals surface area contributed by atoms with Crippen molar-refractivity contribution in [3.63, 3.8) is 0 Å². The molecule has 3 rings (SSSR count). The first kappa shape index (κ1) is 14.6. The Kier molecular flexibility index (Phi) is 4.59. The van der Waals surface area contributed by atoms with Crippen molar-refractivity contribution in [3.05, 3.63) is 22.8 Å². The Bertz CT molecular complexity index is 539. The third kappa shape index (κ3) is 3.29. The minimum atomic E-state index is 0.311. The minimum Gasteiger partial charge on any atom is -0.379 e. The third-order valence-electron chi connectivity index (χ3n) is 4.18. The van der Waals surface area contributed by atoms with E-state index in [4.69, 9.17) is 21.6 Å². The summed E-state index contributed by atoms with van der Waals surface area (Å²) in [5, 5.41) is 9.50. The highest BCUT2D eigenvalue weighted by atomic mass is 35.5. The summed E-state index contributed by atoms with van der Waals surface area (Å²) in [6.07, 6.45) is 2.34. The molecule has 21 heavy (non-hydrogen) atoms. The van der Waals surface area contributed by atoms with Gasteiger partial charge < -0.3 is 9.64 Å². The quantitative estimate of drug-likeness (QED) is 0.854. The minimum absolute atomic E-state index is 0.311. The van der Waals surface area contributed by atoms with Crippen molar-refractivity contribution in [3.8, 4) is 6.07 Å². The normalized spacial score (nSPS) is 23.2. The molecule has 1 aromatic heterocycles. The number of morpholine rings is 1. The first-order chi connectivity index (χ1) is 10.3. The fraction of sp³-hybridized carbons (Fsp3) is 0.600. The maximum absolute atomic E-state index is 9.08. The fourth-order valence-corrected chi connectivity index (χ4v) is 3.23. The van der Waals surface area contributed by atoms with E-state index < -0.39 is 0 Å². The smallest absolute Gasteiger partial charge is 0.161 e. The Labute approximate surface area is 130 Å². The van der Waals surface area contributed by atoms with Crippen molar-refractivity contribution in [2.75, 3.05) is 44.3 Å². The van der Waals surface area contributed by atoms with Crippen LogP contribution < -0.4 is 4.90 Å². The lowest BCUT2D eigenvalue weighted by atomic mass is 10.2. The second-order valence-corrected chi connectivity index (χ2v) is 5.92. The van der Waals surface area contributed by atoms with Crippen LogP contribution in [0.5, 0.6) is 0 Å². The Morgan fingerprint density at radius 3 is 2.90 bits per heavy atom. The highest BCUT2D eigenvalue weighted by Crippen LogP contribution is 2.26. The van der Waals surface area contributed by atoms with Gasteiger partial charge in [0.25, 0.3) is 0 Å². The maximum Gasteiger partial charge on any atom is 0.161 e. The Hall–Kier alpha value is -1.35. The zero-order chi connectivity index (χ0) is 14.7. The average molecular weight is 307 g/mol. The van der Waals surface area contributed by atoms with Gasteiger partial charge in [0.1, 0.15) is 11.9 Å². The van der Waals surface area contributed by atoms with Crippen molar-refractivity contribution in [2.45, 2.75) is 18.9 Å². The van der Waals surface area contributed by atoms with Crippen LogP contribution in [-0.4, -0.2) is 55.3 Å². The van der Waals surface area contributed by atoms with Gasteiger partial charge in [-0.3, -0.25) is 4.90 Å². The first-order valence-electron chi connectivity index (χ1n) is 7.41. The van der Waals surface area contributed by atoms with Crippen LogP contribution in [0.15, 0.2) is 12.1 Å². The molecular formula is C15H19ClN4O. The molecule has 2 saturated heterocycles. The monoisotopic (exact) mass is 306 g/mol. The Morgan fingerprint density at radius 1 is 1.33 bits per heavy atom. The van der Waals surface area contributed by atoms with E-state index in [-0.39, 0.29) is 0 Å². The molecule has 0 radical (unpaired) electrons. The molecule has 112 valence electrons. The zero-order valence-corrected chi connectivity index (χ0v) is 12.7. The van der Waals surface area contributed by atoms with Gasteiger partial charge in [-0.15, -0.1) is 0 Å². The van der Waals surface area contributed by atoms with Crippen LogP contribution in [0.2, 0.25) is 5.02 Å². The summed E-state index contributed by atoms with van der Waals surface area (Å²) in [5.74, 6) is 0.867. The molecule has 0 spiro atoms. The Balaban J connectivity index is 1.72. The molecule has 0 bridgehead atoms. The summed E-state index contributed by atoms with van der Waals surface area (Å²) < 4.78 is 5.40. The number of rotatable bonds is 3. The van der Waals surface area contributed by atoms with Crippen LogP contribution in [0, 0.1) is 11.3 Å². The number of ether oxygens (including phenoxy) is 1. The van der Waals surface area contributed by atoms with Crippen molar-refractivity contribution < 1.29 is 4.74 Å². The summed E-state index contributed by atoms with van der Waals surface area (Å²) in [4.78, 5) is 9.17. The van der Waals surface area contributed by atoms with Crippen LogP contribution in [0.1, 0.15) is 18.5 Å². The van der Waals surface area contributed by atoms with Gasteiger partial charge in [0.05, 0.1) is 18.2 Å². The number of halogens is 1. The van der Waals surface area contributed by atoms with E-state index in [1.807, 2.05) is 6.07 Å². The predicted octanol–water partition coefficient (Wildman–Crippen LogP) is 1.91. The largest absolute Gasteiger partial charge is 0.379 e. The highest BCUT2D eigenvalue weighted by Gasteiger charge is 2.28. The molecule has 0 amide bonds. The summed E-state index contributed by atoms with van der Waals surface area (Å²) in [7, 11) is 0. The van der Waals surface area contributed by atoms with E-state index in [2.05, 4.69) is 20.9 Å². The van der Waals surface area contributed by atoms with Gasteiger partial charge in [-0.2, -0.15) is 5.26 Å². The molecule has 2 aliphatic rings. The molecule has 0 saturated carbocycles. The van der Waals surface area contributed by atoms with Crippen molar-refractivity contribution >= 4 is 17.4 Å². The Morgan fingerprint density at radius 2 is 2.14 bits per heavy atom. The molecule has 0 aliphatic carbocycles. The van der Waals surface area contributed by atoms with Crippen LogP contribution >= 0.6 is 11.6 Å². The lowest BCUT2D eigenvalue weighted by Crippen LogP contribution is -2.45. The topological polar surface area (TPSA) is 52.4 Å². The number of nitriles is 1. The zero-order valence-electron chi connectivity index (χ0n) is 12.0. The van der Waals surface area contributed by atoms with Crippen molar-refractivity contribution in [2.24, 2.45) is 0 Å². The highest BCUT2D eigenvalue weighted by molar-refractivity contribution is 6.31. The van der Waals surface area contributed by atoms with E-state index in [9.17, 15) is 0 Å². The van der Waals surface area contributed by atoms with Crippen LogP contribution in [0.4, 0.5) is 5.82 Å². The number of anilines is 1. The molecule has 0 N–H and O–H groups in total. The van der Waals surface area contributed by atoms with E-state index in [1.54, 1.807) is 6.07 Å². The predicted molar refractivity (Wildman–Crippen MR) is 81.6 cm³/mol. The second kappa shape index (κ2) is 6.61. The van der Waals surface area contributed by atoms with Gasteiger partial charge in [0.2, 0.25) is 0 Å². The molecule has 1 unspecified atom stereocenters. The van der Waals surface area contributed by atoms with Gasteiger partial charge in [-0.25, -0.2) is 4.98 Å². The lowest BCUT2D eigenvalue weighted by molar-refractivity contribution is 0.0354. The SMILES string of the molecule is N#Cc1nc(N2CCCC2CN2CCOCC2)ccc1Cl.